The maximum absolute atomic E-state index is 13.5. The molecule has 0 radical (unpaired) electrons. The topological polar surface area (TPSA) is 126 Å². The first-order chi connectivity index (χ1) is 19.5. The van der Waals surface area contributed by atoms with Gasteiger partial charge in [-0.1, -0.05) is 18.2 Å². The van der Waals surface area contributed by atoms with Crippen LogP contribution in [0.15, 0.2) is 71.5 Å². The number of nitrogens with one attached hydrogen (secondary N) is 1. The molecule has 2 aromatic carbocycles. The van der Waals surface area contributed by atoms with E-state index in [1.54, 1.807) is 55.5 Å². The number of furan rings is 1. The number of benzene rings is 2. The molecule has 0 aliphatic rings. The molecule has 4 heterocycles. The Kier molecular flexibility index (Phi) is 6.74. The van der Waals surface area contributed by atoms with Gasteiger partial charge in [0.2, 0.25) is 11.8 Å². The Balaban J connectivity index is 1.40. The third-order valence-corrected chi connectivity index (χ3v) is 7.14. The Morgan fingerprint density at radius 3 is 2.58 bits per heavy atom. The zero-order valence-corrected chi connectivity index (χ0v) is 22.4. The largest absolute Gasteiger partial charge is 0.493 e. The molecule has 4 aromatic heterocycles. The average Bonchev–Trinajstić information content (AvgIpc) is 3.73. The number of methoxy groups -OCH3 is 2. The first-order valence-corrected chi connectivity index (χ1v) is 13.1. The molecule has 40 heavy (non-hydrogen) atoms. The molecule has 0 saturated carbocycles. The van der Waals surface area contributed by atoms with Crippen LogP contribution in [0.3, 0.4) is 0 Å². The van der Waals surface area contributed by atoms with Crippen molar-refractivity contribution in [2.45, 2.75) is 13.0 Å². The minimum atomic E-state index is -0.288. The second kappa shape index (κ2) is 10.7. The van der Waals surface area contributed by atoms with Crippen LogP contribution in [0.4, 0.5) is 15.5 Å². The van der Waals surface area contributed by atoms with E-state index in [0.29, 0.717) is 64.0 Å². The Labute approximate surface area is 232 Å². The highest BCUT2D eigenvalue weighted by molar-refractivity contribution is 7.15. The van der Waals surface area contributed by atoms with Crippen LogP contribution < -0.4 is 20.5 Å². The molecular weight excluding hydrogens is 533 g/mol. The number of hydrogen-bond donors (Lipinski definition) is 2. The van der Waals surface area contributed by atoms with Crippen molar-refractivity contribution in [1.29, 1.82) is 0 Å². The maximum atomic E-state index is 13.5. The van der Waals surface area contributed by atoms with Gasteiger partial charge in [-0.3, -0.25) is 0 Å². The van der Waals surface area contributed by atoms with E-state index >= 15 is 0 Å². The van der Waals surface area contributed by atoms with E-state index < -0.39 is 0 Å². The lowest BCUT2D eigenvalue weighted by atomic mass is 10.1. The van der Waals surface area contributed by atoms with Crippen LogP contribution in [0.5, 0.6) is 11.5 Å². The lowest BCUT2D eigenvalue weighted by Gasteiger charge is -2.12. The highest BCUT2D eigenvalue weighted by Crippen LogP contribution is 2.35. The summed E-state index contributed by atoms with van der Waals surface area (Å²) in [5.74, 6) is 2.38. The van der Waals surface area contributed by atoms with E-state index in [9.17, 15) is 4.39 Å². The first kappa shape index (κ1) is 25.3. The van der Waals surface area contributed by atoms with E-state index in [2.05, 4.69) is 20.4 Å². The van der Waals surface area contributed by atoms with Gasteiger partial charge >= 0.3 is 0 Å². The number of rotatable bonds is 9. The van der Waals surface area contributed by atoms with E-state index in [1.807, 2.05) is 18.2 Å². The Bertz CT molecular complexity index is 1780. The van der Waals surface area contributed by atoms with Crippen LogP contribution in [0.1, 0.15) is 16.0 Å². The molecular formula is C28H24FN7O3S. The number of nitrogens with zero attached hydrogens (tertiary/aromatic N) is 5. The van der Waals surface area contributed by atoms with E-state index in [4.69, 9.17) is 24.6 Å². The highest BCUT2D eigenvalue weighted by Gasteiger charge is 2.21. The first-order valence-electron chi connectivity index (χ1n) is 12.3. The van der Waals surface area contributed by atoms with Gasteiger partial charge in [-0.15, -0.1) is 16.4 Å². The molecule has 0 aliphatic carbocycles. The number of ether oxygens (including phenoxy) is 2. The zero-order valence-electron chi connectivity index (χ0n) is 21.6. The molecule has 0 spiro atoms. The summed E-state index contributed by atoms with van der Waals surface area (Å²) in [7, 11) is 3.19. The number of halogens is 1. The highest BCUT2D eigenvalue weighted by atomic mass is 32.1. The number of fused-ring (bicyclic) bond motifs is 1. The predicted molar refractivity (Wildman–Crippen MR) is 150 cm³/mol. The van der Waals surface area contributed by atoms with Gasteiger partial charge in [0.1, 0.15) is 5.82 Å². The molecule has 0 fully saturated rings. The van der Waals surface area contributed by atoms with Gasteiger partial charge in [0.15, 0.2) is 28.0 Å². The fraction of sp³-hybridized carbons (Fsp3) is 0.143. The third-order valence-electron chi connectivity index (χ3n) is 6.25. The molecule has 10 nitrogen and oxygen atoms in total. The summed E-state index contributed by atoms with van der Waals surface area (Å²) in [6, 6.07) is 15.6. The third kappa shape index (κ3) is 4.92. The van der Waals surface area contributed by atoms with Crippen molar-refractivity contribution < 1.29 is 18.3 Å². The number of aromatic nitrogens is 5. The monoisotopic (exact) mass is 557 g/mol. The Morgan fingerprint density at radius 1 is 1.02 bits per heavy atom. The van der Waals surface area contributed by atoms with Crippen molar-refractivity contribution in [3.63, 3.8) is 0 Å². The quantitative estimate of drug-likeness (QED) is 0.239. The summed E-state index contributed by atoms with van der Waals surface area (Å²) >= 11 is 1.37. The lowest BCUT2D eigenvalue weighted by Crippen LogP contribution is -2.08. The molecule has 6 aromatic rings. The van der Waals surface area contributed by atoms with Crippen LogP contribution in [-0.4, -0.2) is 38.8 Å². The molecule has 6 rings (SSSR count). The summed E-state index contributed by atoms with van der Waals surface area (Å²) in [6.07, 6.45) is 3.79. The van der Waals surface area contributed by atoms with Gasteiger partial charge in [-0.05, 0) is 47.5 Å². The molecule has 0 atom stereocenters. The van der Waals surface area contributed by atoms with Crippen LogP contribution in [0.2, 0.25) is 0 Å². The molecule has 0 aliphatic heterocycles. The van der Waals surface area contributed by atoms with Gasteiger partial charge in [-0.2, -0.15) is 4.52 Å². The number of nitrogens with two attached hydrogens (primary N) is 1. The number of nitrogen functional groups attached to an aromatic ring is 1. The summed E-state index contributed by atoms with van der Waals surface area (Å²) in [4.78, 5) is 15.0. The van der Waals surface area contributed by atoms with Crippen molar-refractivity contribution in [2.75, 3.05) is 25.3 Å². The molecule has 0 bridgehead atoms. The van der Waals surface area contributed by atoms with Gasteiger partial charge in [0.25, 0.3) is 0 Å². The van der Waals surface area contributed by atoms with Crippen molar-refractivity contribution >= 4 is 28.1 Å². The van der Waals surface area contributed by atoms with Gasteiger partial charge in [-0.25, -0.2) is 19.3 Å². The molecule has 202 valence electrons. The van der Waals surface area contributed by atoms with Crippen LogP contribution in [0, 0.1) is 5.82 Å². The van der Waals surface area contributed by atoms with E-state index in [-0.39, 0.29) is 5.82 Å². The molecule has 3 N–H and O–H groups in total. The standard InChI is InChI=1S/C28H24FN7O3S/c1-37-20-10-7-17(12-22(20)38-2)14-31-28-32-15-19(26-34-25(35-36(26)28)21-4-3-11-39-21)24-23(40-27(30)33-24)13-16-5-8-18(29)9-6-16/h3-12,15H,13-14H2,1-2H3,(H2,30,33)(H,31,32). The predicted octanol–water partition coefficient (Wildman–Crippen LogP) is 5.45. The summed E-state index contributed by atoms with van der Waals surface area (Å²) in [5, 5.41) is 8.44. The maximum Gasteiger partial charge on any atom is 0.226 e. The van der Waals surface area contributed by atoms with Crippen LogP contribution >= 0.6 is 11.3 Å². The Morgan fingerprint density at radius 2 is 1.82 bits per heavy atom. The van der Waals surface area contributed by atoms with Crippen molar-refractivity contribution in [1.82, 2.24) is 24.6 Å². The summed E-state index contributed by atoms with van der Waals surface area (Å²) in [6.45, 7) is 0.442. The normalized spacial score (nSPS) is 11.2. The van der Waals surface area contributed by atoms with Gasteiger partial charge < -0.3 is 24.9 Å². The Hall–Kier alpha value is -4.97. The lowest BCUT2D eigenvalue weighted by molar-refractivity contribution is 0.354. The molecule has 12 heteroatoms. The van der Waals surface area contributed by atoms with Crippen LogP contribution in [-0.2, 0) is 13.0 Å². The number of anilines is 2. The van der Waals surface area contributed by atoms with Crippen molar-refractivity contribution in [3.05, 3.63) is 88.9 Å². The van der Waals surface area contributed by atoms with Crippen molar-refractivity contribution in [3.8, 4) is 34.3 Å². The van der Waals surface area contributed by atoms with Crippen molar-refractivity contribution in [2.24, 2.45) is 0 Å². The molecule has 0 amide bonds. The summed E-state index contributed by atoms with van der Waals surface area (Å²) < 4.78 is 31.4. The SMILES string of the molecule is COc1ccc(CNc2ncc(-c3nc(N)sc3Cc3ccc(F)cc3)c3nc(-c4ccco4)nn23)cc1OC. The zero-order chi connectivity index (χ0) is 27.6. The van der Waals surface area contributed by atoms with Gasteiger partial charge in [0.05, 0.1) is 31.7 Å². The molecule has 0 unspecified atom stereocenters. The second-order valence-electron chi connectivity index (χ2n) is 8.81. The number of hydrogen-bond acceptors (Lipinski definition) is 10. The van der Waals surface area contributed by atoms with E-state index in [0.717, 1.165) is 16.0 Å². The summed E-state index contributed by atoms with van der Waals surface area (Å²) in [5.41, 5.74) is 9.87. The fourth-order valence-electron chi connectivity index (χ4n) is 4.33. The van der Waals surface area contributed by atoms with Gasteiger partial charge in [0, 0.05) is 24.0 Å². The smallest absolute Gasteiger partial charge is 0.226 e. The minimum Gasteiger partial charge on any atom is -0.493 e. The average molecular weight is 558 g/mol. The second-order valence-corrected chi connectivity index (χ2v) is 9.93. The van der Waals surface area contributed by atoms with E-state index in [1.165, 1.54) is 23.5 Å². The number of thiazole rings is 1. The van der Waals surface area contributed by atoms with Crippen LogP contribution in [0.25, 0.3) is 28.5 Å². The minimum absolute atomic E-state index is 0.288. The molecule has 0 saturated heterocycles. The fourth-order valence-corrected chi connectivity index (χ4v) is 5.21.